The predicted molar refractivity (Wildman–Crippen MR) is 64.6 cm³/mol. The molecule has 0 fully saturated rings. The number of carbonyl (C=O) groups excluding carboxylic acids is 1. The van der Waals surface area contributed by atoms with Crippen molar-refractivity contribution in [1.29, 1.82) is 0 Å². The first-order valence-electron chi connectivity index (χ1n) is 5.26. The maximum absolute atomic E-state index is 11.4. The van der Waals surface area contributed by atoms with Gasteiger partial charge < -0.3 is 10.4 Å². The molecule has 0 bridgehead atoms. The van der Waals surface area contributed by atoms with Gasteiger partial charge in [-0.2, -0.15) is 0 Å². The molecule has 0 aliphatic rings. The Labute approximate surface area is 99.7 Å². The van der Waals surface area contributed by atoms with Gasteiger partial charge in [-0.3, -0.25) is 4.79 Å². The molecule has 16 heavy (non-hydrogen) atoms. The molecule has 2 N–H and O–H groups in total. The Hall–Kier alpha value is -0.940. The lowest BCUT2D eigenvalue weighted by atomic mass is 9.98. The van der Waals surface area contributed by atoms with Crippen LogP contribution in [0.1, 0.15) is 31.5 Å². The number of thiazole rings is 1. The third kappa shape index (κ3) is 3.90. The second-order valence-electron chi connectivity index (χ2n) is 4.64. The van der Waals surface area contributed by atoms with Gasteiger partial charge in [-0.15, -0.1) is 11.3 Å². The van der Waals surface area contributed by atoms with E-state index in [1.165, 1.54) is 0 Å². The van der Waals surface area contributed by atoms with Crippen LogP contribution in [0.4, 0.5) is 0 Å². The molecule has 0 aliphatic heterocycles. The minimum atomic E-state index is -0.0974. The highest BCUT2D eigenvalue weighted by atomic mass is 32.1. The van der Waals surface area contributed by atoms with Gasteiger partial charge in [-0.25, -0.2) is 4.98 Å². The molecule has 0 unspecified atom stereocenters. The molecule has 1 aromatic heterocycles. The van der Waals surface area contributed by atoms with Gasteiger partial charge in [0, 0.05) is 17.3 Å². The van der Waals surface area contributed by atoms with Crippen LogP contribution in [0.25, 0.3) is 0 Å². The molecule has 0 saturated heterocycles. The lowest BCUT2D eigenvalue weighted by molar-refractivity contribution is -0.120. The predicted octanol–water partition coefficient (Wildman–Crippen LogP) is 1.09. The first kappa shape index (κ1) is 13.1. The van der Waals surface area contributed by atoms with Crippen LogP contribution in [0.3, 0.4) is 0 Å². The number of rotatable bonds is 4. The Balaban J connectivity index is 2.56. The Morgan fingerprint density at radius 2 is 2.25 bits per heavy atom. The summed E-state index contributed by atoms with van der Waals surface area (Å²) in [6.45, 7) is 6.56. The van der Waals surface area contributed by atoms with Crippen molar-refractivity contribution in [2.75, 3.05) is 13.2 Å². The third-order valence-corrected chi connectivity index (χ3v) is 3.29. The average Bonchev–Trinajstić information content (AvgIpc) is 2.62. The minimum absolute atomic E-state index is 0.0317. The summed E-state index contributed by atoms with van der Waals surface area (Å²) in [7, 11) is 0. The van der Waals surface area contributed by atoms with Gasteiger partial charge in [-0.1, -0.05) is 20.8 Å². The van der Waals surface area contributed by atoms with E-state index < -0.39 is 0 Å². The average molecular weight is 242 g/mol. The maximum atomic E-state index is 11.4. The fraction of sp³-hybridized carbons (Fsp3) is 0.636. The molecule has 0 spiro atoms. The van der Waals surface area contributed by atoms with E-state index in [0.717, 1.165) is 10.7 Å². The highest BCUT2D eigenvalue weighted by Crippen LogP contribution is 2.25. The summed E-state index contributed by atoms with van der Waals surface area (Å²) in [5.41, 5.74) is 0.829. The van der Waals surface area contributed by atoms with Gasteiger partial charge in [0.1, 0.15) is 0 Å². The fourth-order valence-corrected chi connectivity index (χ4v) is 2.06. The molecule has 1 rings (SSSR count). The Bertz CT molecular complexity index is 355. The van der Waals surface area contributed by atoms with Gasteiger partial charge in [0.05, 0.1) is 23.7 Å². The summed E-state index contributed by atoms with van der Waals surface area (Å²) in [5, 5.41) is 14.1. The van der Waals surface area contributed by atoms with Crippen molar-refractivity contribution in [2.45, 2.75) is 32.6 Å². The van der Waals surface area contributed by atoms with E-state index in [9.17, 15) is 4.79 Å². The summed E-state index contributed by atoms with van der Waals surface area (Å²) in [5.74, 6) is -0.0974. The summed E-state index contributed by atoms with van der Waals surface area (Å²) >= 11 is 1.58. The van der Waals surface area contributed by atoms with Gasteiger partial charge in [0.2, 0.25) is 5.91 Å². The summed E-state index contributed by atoms with van der Waals surface area (Å²) in [6, 6.07) is 0. The van der Waals surface area contributed by atoms with Gasteiger partial charge >= 0.3 is 0 Å². The monoisotopic (exact) mass is 242 g/mol. The van der Waals surface area contributed by atoms with Crippen LogP contribution in [-0.2, 0) is 16.6 Å². The number of nitrogens with zero attached hydrogens (tertiary/aromatic N) is 1. The van der Waals surface area contributed by atoms with Crippen molar-refractivity contribution in [3.8, 4) is 0 Å². The molecule has 1 aromatic rings. The zero-order valence-electron chi connectivity index (χ0n) is 9.91. The van der Waals surface area contributed by atoms with Crippen LogP contribution >= 0.6 is 11.3 Å². The van der Waals surface area contributed by atoms with Crippen LogP contribution < -0.4 is 5.32 Å². The standard InChI is InChI=1S/C11H18N2O2S/c1-11(2,3)10-13-8(7-16-10)6-9(15)12-4-5-14/h7,14H,4-6H2,1-3H3,(H,12,15). The molecule has 0 saturated carbocycles. The molecule has 0 radical (unpaired) electrons. The lowest BCUT2D eigenvalue weighted by Crippen LogP contribution is -2.28. The molecule has 90 valence electrons. The van der Waals surface area contributed by atoms with Crippen molar-refractivity contribution in [3.63, 3.8) is 0 Å². The van der Waals surface area contributed by atoms with E-state index in [1.54, 1.807) is 11.3 Å². The molecule has 0 aromatic carbocycles. The summed E-state index contributed by atoms with van der Waals surface area (Å²) in [6.07, 6.45) is 0.284. The van der Waals surface area contributed by atoms with Crippen LogP contribution in [0, 0.1) is 0 Å². The maximum Gasteiger partial charge on any atom is 0.226 e. The highest BCUT2D eigenvalue weighted by Gasteiger charge is 2.18. The van der Waals surface area contributed by atoms with Crippen molar-refractivity contribution < 1.29 is 9.90 Å². The van der Waals surface area contributed by atoms with Gasteiger partial charge in [0.15, 0.2) is 0 Å². The molecule has 5 heteroatoms. The zero-order chi connectivity index (χ0) is 12.2. The first-order valence-corrected chi connectivity index (χ1v) is 6.14. The van der Waals surface area contributed by atoms with Crippen molar-refractivity contribution >= 4 is 17.2 Å². The largest absolute Gasteiger partial charge is 0.395 e. The molecule has 1 heterocycles. The Morgan fingerprint density at radius 3 is 2.75 bits per heavy atom. The Morgan fingerprint density at radius 1 is 1.56 bits per heavy atom. The zero-order valence-corrected chi connectivity index (χ0v) is 10.7. The van der Waals surface area contributed by atoms with Crippen molar-refractivity contribution in [1.82, 2.24) is 10.3 Å². The smallest absolute Gasteiger partial charge is 0.226 e. The number of carbonyl (C=O) groups is 1. The number of hydrogen-bond donors (Lipinski definition) is 2. The topological polar surface area (TPSA) is 62.2 Å². The molecule has 0 aliphatic carbocycles. The van der Waals surface area contributed by atoms with Gasteiger partial charge in [-0.05, 0) is 0 Å². The van der Waals surface area contributed by atoms with E-state index in [-0.39, 0.29) is 24.3 Å². The number of aliphatic hydroxyl groups is 1. The van der Waals surface area contributed by atoms with Crippen LogP contribution in [-0.4, -0.2) is 29.1 Å². The van der Waals surface area contributed by atoms with Crippen LogP contribution in [0.2, 0.25) is 0 Å². The SMILES string of the molecule is CC(C)(C)c1nc(CC(=O)NCCO)cs1. The highest BCUT2D eigenvalue weighted by molar-refractivity contribution is 7.09. The van der Waals surface area contributed by atoms with E-state index in [4.69, 9.17) is 5.11 Å². The third-order valence-electron chi connectivity index (χ3n) is 1.97. The van der Waals surface area contributed by atoms with Crippen LogP contribution in [0.15, 0.2) is 5.38 Å². The van der Waals surface area contributed by atoms with E-state index in [1.807, 2.05) is 5.38 Å². The van der Waals surface area contributed by atoms with E-state index in [0.29, 0.717) is 6.54 Å². The second kappa shape index (κ2) is 5.41. The summed E-state index contributed by atoms with van der Waals surface area (Å²) < 4.78 is 0. The van der Waals surface area contributed by atoms with Crippen molar-refractivity contribution in [3.05, 3.63) is 16.1 Å². The van der Waals surface area contributed by atoms with Crippen LogP contribution in [0.5, 0.6) is 0 Å². The van der Waals surface area contributed by atoms with Crippen molar-refractivity contribution in [2.24, 2.45) is 0 Å². The minimum Gasteiger partial charge on any atom is -0.395 e. The first-order chi connectivity index (χ1) is 7.43. The number of aliphatic hydroxyl groups excluding tert-OH is 1. The fourth-order valence-electron chi connectivity index (χ4n) is 1.15. The quantitative estimate of drug-likeness (QED) is 0.831. The molecule has 1 amide bonds. The van der Waals surface area contributed by atoms with Gasteiger partial charge in [0.25, 0.3) is 0 Å². The lowest BCUT2D eigenvalue weighted by Gasteiger charge is -2.13. The Kier molecular flexibility index (Phi) is 4.44. The second-order valence-corrected chi connectivity index (χ2v) is 5.50. The van der Waals surface area contributed by atoms with E-state index >= 15 is 0 Å². The van der Waals surface area contributed by atoms with E-state index in [2.05, 4.69) is 31.1 Å². The molecule has 0 atom stereocenters. The molecular weight excluding hydrogens is 224 g/mol. The number of nitrogens with one attached hydrogen (secondary N) is 1. The normalized spacial score (nSPS) is 11.5. The number of hydrogen-bond acceptors (Lipinski definition) is 4. The number of aromatic nitrogens is 1. The number of amides is 1. The molecular formula is C11H18N2O2S. The summed E-state index contributed by atoms with van der Waals surface area (Å²) in [4.78, 5) is 15.8. The molecule has 4 nitrogen and oxygen atoms in total.